The average molecular weight is 232 g/mol. The fourth-order valence-corrected chi connectivity index (χ4v) is 3.21. The Morgan fingerprint density at radius 3 is 2.47 bits per heavy atom. The zero-order valence-corrected chi connectivity index (χ0v) is 11.3. The quantitative estimate of drug-likeness (QED) is 0.740. The van der Waals surface area contributed by atoms with E-state index in [4.69, 9.17) is 0 Å². The molecule has 0 bridgehead atoms. The molecule has 1 aromatic rings. The summed E-state index contributed by atoms with van der Waals surface area (Å²) in [4.78, 5) is 2.42. The standard InChI is InChI=1S/C13H18N2.C2H6/c1-15-10-13(6-8-14-9-7-13)11-4-2-3-5-12(11)15;1-2/h2-5,14H,6-10H2,1H3;1-2H3. The number of hydrogen-bond donors (Lipinski definition) is 1. The van der Waals surface area contributed by atoms with Crippen LogP contribution in [0.4, 0.5) is 5.69 Å². The van der Waals surface area contributed by atoms with Crippen LogP contribution in [0.5, 0.6) is 0 Å². The fraction of sp³-hybridized carbons (Fsp3) is 0.600. The van der Waals surface area contributed by atoms with Crippen molar-refractivity contribution in [3.8, 4) is 0 Å². The molecule has 1 saturated heterocycles. The number of fused-ring (bicyclic) bond motifs is 2. The second-order valence-corrected chi connectivity index (χ2v) is 4.90. The number of piperidine rings is 1. The molecule has 3 rings (SSSR count). The predicted molar refractivity (Wildman–Crippen MR) is 74.8 cm³/mol. The number of hydrogen-bond acceptors (Lipinski definition) is 2. The van der Waals surface area contributed by atoms with Crippen LogP contribution < -0.4 is 10.2 Å². The van der Waals surface area contributed by atoms with Gasteiger partial charge in [0, 0.05) is 24.7 Å². The van der Waals surface area contributed by atoms with Gasteiger partial charge in [0.2, 0.25) is 0 Å². The summed E-state index contributed by atoms with van der Waals surface area (Å²) in [7, 11) is 2.22. The molecule has 1 aromatic carbocycles. The van der Waals surface area contributed by atoms with Crippen molar-refractivity contribution >= 4 is 5.69 Å². The highest BCUT2D eigenvalue weighted by Gasteiger charge is 2.41. The summed E-state index contributed by atoms with van der Waals surface area (Å²) in [5.41, 5.74) is 3.46. The van der Waals surface area contributed by atoms with E-state index >= 15 is 0 Å². The molecule has 17 heavy (non-hydrogen) atoms. The highest BCUT2D eigenvalue weighted by atomic mass is 15.1. The number of likely N-dealkylation sites (N-methyl/N-ethyl adjacent to an activating group) is 1. The molecule has 2 heteroatoms. The number of anilines is 1. The summed E-state index contributed by atoms with van der Waals surface area (Å²) in [6, 6.07) is 8.91. The van der Waals surface area contributed by atoms with Crippen molar-refractivity contribution in [2.45, 2.75) is 32.1 Å². The van der Waals surface area contributed by atoms with Crippen LogP contribution in [-0.4, -0.2) is 26.7 Å². The van der Waals surface area contributed by atoms with Crippen LogP contribution in [0.3, 0.4) is 0 Å². The zero-order valence-electron chi connectivity index (χ0n) is 11.3. The van der Waals surface area contributed by atoms with Crippen molar-refractivity contribution in [3.05, 3.63) is 29.8 Å². The van der Waals surface area contributed by atoms with Gasteiger partial charge in [0.1, 0.15) is 0 Å². The first-order valence-corrected chi connectivity index (χ1v) is 6.83. The van der Waals surface area contributed by atoms with E-state index in [2.05, 4.69) is 41.5 Å². The smallest absolute Gasteiger partial charge is 0.0402 e. The molecule has 0 aliphatic carbocycles. The second-order valence-electron chi connectivity index (χ2n) is 4.90. The predicted octanol–water partition coefficient (Wildman–Crippen LogP) is 2.78. The summed E-state index contributed by atoms with van der Waals surface area (Å²) in [6.07, 6.45) is 2.57. The molecule has 1 spiro atoms. The lowest BCUT2D eigenvalue weighted by Crippen LogP contribution is -2.42. The van der Waals surface area contributed by atoms with Gasteiger partial charge in [-0.15, -0.1) is 0 Å². The Hall–Kier alpha value is -1.02. The van der Waals surface area contributed by atoms with Gasteiger partial charge in [-0.1, -0.05) is 32.0 Å². The van der Waals surface area contributed by atoms with Crippen LogP contribution in [0.1, 0.15) is 32.3 Å². The molecular weight excluding hydrogens is 208 g/mol. The van der Waals surface area contributed by atoms with Crippen molar-refractivity contribution in [2.75, 3.05) is 31.6 Å². The van der Waals surface area contributed by atoms with Crippen molar-refractivity contribution in [1.29, 1.82) is 0 Å². The third kappa shape index (κ3) is 2.06. The van der Waals surface area contributed by atoms with Crippen molar-refractivity contribution in [1.82, 2.24) is 5.32 Å². The number of nitrogens with one attached hydrogen (secondary N) is 1. The normalized spacial score (nSPS) is 20.8. The summed E-state index contributed by atoms with van der Waals surface area (Å²) in [5, 5.41) is 3.46. The molecule has 2 nitrogen and oxygen atoms in total. The van der Waals surface area contributed by atoms with E-state index in [0.717, 1.165) is 0 Å². The van der Waals surface area contributed by atoms with Gasteiger partial charge in [0.05, 0.1) is 0 Å². The first-order chi connectivity index (χ1) is 8.32. The maximum absolute atomic E-state index is 3.46. The number of benzene rings is 1. The Labute approximate surface area is 105 Å². The number of nitrogens with zero attached hydrogens (tertiary/aromatic N) is 1. The van der Waals surface area contributed by atoms with E-state index in [-0.39, 0.29) is 0 Å². The molecule has 1 N–H and O–H groups in total. The maximum Gasteiger partial charge on any atom is 0.0402 e. The fourth-order valence-electron chi connectivity index (χ4n) is 3.21. The van der Waals surface area contributed by atoms with Gasteiger partial charge in [0.15, 0.2) is 0 Å². The zero-order chi connectivity index (χ0) is 12.3. The van der Waals surface area contributed by atoms with Crippen molar-refractivity contribution < 1.29 is 0 Å². The molecule has 0 radical (unpaired) electrons. The van der Waals surface area contributed by atoms with Gasteiger partial charge in [0.25, 0.3) is 0 Å². The molecule has 0 amide bonds. The molecule has 2 aliphatic rings. The summed E-state index contributed by atoms with van der Waals surface area (Å²) < 4.78 is 0. The summed E-state index contributed by atoms with van der Waals surface area (Å²) >= 11 is 0. The van der Waals surface area contributed by atoms with Gasteiger partial charge in [-0.05, 0) is 37.6 Å². The van der Waals surface area contributed by atoms with Crippen LogP contribution >= 0.6 is 0 Å². The molecule has 94 valence electrons. The minimum Gasteiger partial charge on any atom is -0.373 e. The van der Waals surface area contributed by atoms with Gasteiger partial charge in [-0.2, -0.15) is 0 Å². The minimum absolute atomic E-state index is 0.441. The Morgan fingerprint density at radius 2 is 1.76 bits per heavy atom. The molecule has 2 heterocycles. The molecular formula is C15H24N2. The summed E-state index contributed by atoms with van der Waals surface area (Å²) in [5.74, 6) is 0. The van der Waals surface area contributed by atoms with Crippen LogP contribution in [0.2, 0.25) is 0 Å². The molecule has 0 unspecified atom stereocenters. The molecule has 0 saturated carbocycles. The van der Waals surface area contributed by atoms with E-state index in [0.29, 0.717) is 5.41 Å². The second kappa shape index (κ2) is 5.09. The SMILES string of the molecule is CC.CN1CC2(CCNCC2)c2ccccc21. The molecule has 0 atom stereocenters. The van der Waals surface area contributed by atoms with E-state index in [1.165, 1.54) is 38.2 Å². The Kier molecular flexibility index (Phi) is 3.72. The monoisotopic (exact) mass is 232 g/mol. The molecule has 1 fully saturated rings. The Bertz CT molecular complexity index is 367. The van der Waals surface area contributed by atoms with Crippen LogP contribution in [0, 0.1) is 0 Å². The van der Waals surface area contributed by atoms with E-state index in [9.17, 15) is 0 Å². The lowest BCUT2D eigenvalue weighted by atomic mass is 9.75. The third-order valence-corrected chi connectivity index (χ3v) is 3.99. The van der Waals surface area contributed by atoms with Crippen LogP contribution in [0.15, 0.2) is 24.3 Å². The Morgan fingerprint density at radius 1 is 1.12 bits per heavy atom. The van der Waals surface area contributed by atoms with E-state index < -0.39 is 0 Å². The number of rotatable bonds is 0. The first kappa shape index (κ1) is 12.4. The highest BCUT2D eigenvalue weighted by Crippen LogP contribution is 2.44. The van der Waals surface area contributed by atoms with Gasteiger partial charge in [-0.3, -0.25) is 0 Å². The first-order valence-electron chi connectivity index (χ1n) is 6.83. The Balaban J connectivity index is 0.000000514. The largest absolute Gasteiger partial charge is 0.373 e. The van der Waals surface area contributed by atoms with Crippen LogP contribution in [-0.2, 0) is 5.41 Å². The maximum atomic E-state index is 3.46. The lowest BCUT2D eigenvalue weighted by molar-refractivity contribution is 0.328. The highest BCUT2D eigenvalue weighted by molar-refractivity contribution is 5.62. The van der Waals surface area contributed by atoms with Gasteiger partial charge < -0.3 is 10.2 Å². The molecule has 0 aromatic heterocycles. The number of para-hydroxylation sites is 1. The van der Waals surface area contributed by atoms with Crippen molar-refractivity contribution in [2.24, 2.45) is 0 Å². The van der Waals surface area contributed by atoms with E-state index in [1.54, 1.807) is 5.56 Å². The topological polar surface area (TPSA) is 15.3 Å². The summed E-state index contributed by atoms with van der Waals surface area (Å²) in [6.45, 7) is 7.54. The van der Waals surface area contributed by atoms with E-state index in [1.807, 2.05) is 13.8 Å². The van der Waals surface area contributed by atoms with Crippen molar-refractivity contribution in [3.63, 3.8) is 0 Å². The van der Waals surface area contributed by atoms with Gasteiger partial charge in [-0.25, -0.2) is 0 Å². The lowest BCUT2D eigenvalue weighted by Gasteiger charge is -2.34. The third-order valence-electron chi connectivity index (χ3n) is 3.99. The average Bonchev–Trinajstić information content (AvgIpc) is 2.67. The molecule has 2 aliphatic heterocycles. The van der Waals surface area contributed by atoms with Crippen LogP contribution in [0.25, 0.3) is 0 Å². The minimum atomic E-state index is 0.441. The van der Waals surface area contributed by atoms with Gasteiger partial charge >= 0.3 is 0 Å².